The number of nitrogens with zero attached hydrogens (tertiary/aromatic N) is 3. The second kappa shape index (κ2) is 11.2. The Labute approximate surface area is 291 Å². The summed E-state index contributed by atoms with van der Waals surface area (Å²) in [6, 6.07) is 57.4. The summed E-state index contributed by atoms with van der Waals surface area (Å²) >= 11 is 0. The predicted molar refractivity (Wildman–Crippen MR) is 204 cm³/mol. The first-order valence-electron chi connectivity index (χ1n) is 16.9. The van der Waals surface area contributed by atoms with Gasteiger partial charge in [0, 0.05) is 27.3 Å². The van der Waals surface area contributed by atoms with Gasteiger partial charge < -0.3 is 4.57 Å². The van der Waals surface area contributed by atoms with Crippen molar-refractivity contribution in [2.24, 2.45) is 0 Å². The molecule has 0 fully saturated rings. The molecule has 1 aliphatic rings. The zero-order valence-corrected chi connectivity index (χ0v) is 27.8. The molecule has 234 valence electrons. The average molecular weight is 638 g/mol. The summed E-state index contributed by atoms with van der Waals surface area (Å²) in [6.07, 6.45) is 0. The summed E-state index contributed by atoms with van der Waals surface area (Å²) < 4.78 is 2.24. The highest BCUT2D eigenvalue weighted by Crippen LogP contribution is 2.51. The number of para-hydroxylation sites is 1. The van der Waals surface area contributed by atoms with Crippen LogP contribution in [0.15, 0.2) is 152 Å². The van der Waals surface area contributed by atoms with Crippen LogP contribution in [-0.4, -0.2) is 4.57 Å². The quantitative estimate of drug-likeness (QED) is 0.193. The number of hydrogen-bond donors (Lipinski definition) is 0. The van der Waals surface area contributed by atoms with Gasteiger partial charge in [0.1, 0.15) is 6.07 Å². The topological polar surface area (TPSA) is 52.5 Å². The Hall–Kier alpha value is -6.68. The Kier molecular flexibility index (Phi) is 6.60. The third kappa shape index (κ3) is 4.21. The van der Waals surface area contributed by atoms with E-state index < -0.39 is 0 Å². The predicted octanol–water partition coefficient (Wildman–Crippen LogP) is 11.8. The van der Waals surface area contributed by atoms with Gasteiger partial charge in [-0.3, -0.25) is 0 Å². The zero-order chi connectivity index (χ0) is 34.0. The highest BCUT2D eigenvalue weighted by atomic mass is 15.0. The number of rotatable bonds is 4. The Balaban J connectivity index is 1.40. The number of benzene rings is 7. The van der Waals surface area contributed by atoms with Gasteiger partial charge in [0.05, 0.1) is 33.9 Å². The molecule has 0 N–H and O–H groups in total. The first kappa shape index (κ1) is 29.5. The molecule has 0 bridgehead atoms. The highest BCUT2D eigenvalue weighted by molar-refractivity contribution is 6.12. The lowest BCUT2D eigenvalue weighted by molar-refractivity contribution is 0.661. The number of fused-ring (bicyclic) bond motifs is 6. The van der Waals surface area contributed by atoms with Gasteiger partial charge in [0.15, 0.2) is 0 Å². The summed E-state index contributed by atoms with van der Waals surface area (Å²) in [5, 5.41) is 24.2. The molecule has 0 unspecified atom stereocenters. The Morgan fingerprint density at radius 1 is 0.480 bits per heavy atom. The van der Waals surface area contributed by atoms with E-state index >= 15 is 0 Å². The van der Waals surface area contributed by atoms with Gasteiger partial charge >= 0.3 is 0 Å². The molecular weight excluding hydrogens is 607 g/mol. The monoisotopic (exact) mass is 637 g/mol. The lowest BCUT2D eigenvalue weighted by atomic mass is 9.82. The molecule has 0 amide bonds. The molecule has 7 aromatic carbocycles. The van der Waals surface area contributed by atoms with Gasteiger partial charge in [0.25, 0.3) is 0 Å². The first-order chi connectivity index (χ1) is 24.5. The highest BCUT2D eigenvalue weighted by Gasteiger charge is 2.36. The fraction of sp³-hybridized carbons (Fsp3) is 0.0638. The minimum atomic E-state index is -0.186. The molecule has 1 aromatic heterocycles. The van der Waals surface area contributed by atoms with E-state index in [0.717, 1.165) is 55.3 Å². The van der Waals surface area contributed by atoms with Crippen molar-refractivity contribution in [1.82, 2.24) is 4.57 Å². The van der Waals surface area contributed by atoms with Gasteiger partial charge in [-0.15, -0.1) is 0 Å². The van der Waals surface area contributed by atoms with Crippen molar-refractivity contribution in [3.8, 4) is 62.3 Å². The standard InChI is InChI=1S/C47H31N3/c1-47(2)40-22-11-9-18-35(40)37-26-38-36-19-10-12-23-42(36)50(44(38)27-41(37)47)43-25-24-32(28-48)45(39(43)29-49)46-33(30-14-5-3-6-15-30)20-13-21-34(46)31-16-7-4-8-17-31/h3-27H,1-2H3. The molecule has 3 heteroatoms. The fourth-order valence-electron chi connectivity index (χ4n) is 8.20. The van der Waals surface area contributed by atoms with Crippen LogP contribution in [0.4, 0.5) is 0 Å². The van der Waals surface area contributed by atoms with Crippen LogP contribution in [0.5, 0.6) is 0 Å². The van der Waals surface area contributed by atoms with Crippen LogP contribution in [0.1, 0.15) is 36.1 Å². The normalized spacial score (nSPS) is 12.7. The van der Waals surface area contributed by atoms with Crippen molar-refractivity contribution in [3.05, 3.63) is 174 Å². The second-order valence-corrected chi connectivity index (χ2v) is 13.5. The number of hydrogen-bond acceptors (Lipinski definition) is 2. The van der Waals surface area contributed by atoms with E-state index in [1.165, 1.54) is 22.3 Å². The zero-order valence-electron chi connectivity index (χ0n) is 27.8. The van der Waals surface area contributed by atoms with Gasteiger partial charge in [-0.1, -0.05) is 135 Å². The third-order valence-corrected chi connectivity index (χ3v) is 10.5. The molecular formula is C47H31N3. The lowest BCUT2D eigenvalue weighted by Gasteiger charge is -2.22. The summed E-state index contributed by atoms with van der Waals surface area (Å²) in [5.41, 5.74) is 14.2. The molecule has 0 saturated heterocycles. The van der Waals surface area contributed by atoms with Crippen LogP contribution in [0.3, 0.4) is 0 Å². The fourth-order valence-corrected chi connectivity index (χ4v) is 8.20. The van der Waals surface area contributed by atoms with Crippen molar-refractivity contribution in [3.63, 3.8) is 0 Å². The van der Waals surface area contributed by atoms with Crippen molar-refractivity contribution in [1.29, 1.82) is 10.5 Å². The maximum atomic E-state index is 11.2. The van der Waals surface area contributed by atoms with Crippen molar-refractivity contribution in [2.45, 2.75) is 19.3 Å². The lowest BCUT2D eigenvalue weighted by Crippen LogP contribution is -2.15. The summed E-state index contributed by atoms with van der Waals surface area (Å²) in [6.45, 7) is 4.59. The van der Waals surface area contributed by atoms with Crippen molar-refractivity contribution in [2.75, 3.05) is 0 Å². The maximum absolute atomic E-state index is 11.2. The average Bonchev–Trinajstić information content (AvgIpc) is 3.61. The van der Waals surface area contributed by atoms with E-state index in [2.05, 4.69) is 134 Å². The Morgan fingerprint density at radius 3 is 1.78 bits per heavy atom. The molecule has 0 radical (unpaired) electrons. The van der Waals surface area contributed by atoms with Crippen molar-refractivity contribution >= 4 is 21.8 Å². The van der Waals surface area contributed by atoms with Crippen LogP contribution in [0, 0.1) is 22.7 Å². The van der Waals surface area contributed by atoms with E-state index in [1.54, 1.807) is 0 Å². The smallest absolute Gasteiger partial charge is 0.102 e. The minimum absolute atomic E-state index is 0.186. The third-order valence-electron chi connectivity index (χ3n) is 10.5. The van der Waals surface area contributed by atoms with Gasteiger partial charge in [0.2, 0.25) is 0 Å². The van der Waals surface area contributed by atoms with E-state index in [9.17, 15) is 10.5 Å². The molecule has 3 nitrogen and oxygen atoms in total. The maximum Gasteiger partial charge on any atom is 0.102 e. The van der Waals surface area contributed by atoms with Crippen molar-refractivity contribution < 1.29 is 0 Å². The van der Waals surface area contributed by atoms with Crippen LogP contribution in [0.2, 0.25) is 0 Å². The Morgan fingerprint density at radius 2 is 1.10 bits per heavy atom. The van der Waals surface area contributed by atoms with Crippen LogP contribution in [0.25, 0.3) is 72.0 Å². The SMILES string of the molecule is CC1(C)c2ccccc2-c2cc3c4ccccc4n(-c4ccc(C#N)c(-c5c(-c6ccccc6)cccc5-c5ccccc5)c4C#N)c3cc21. The molecule has 8 aromatic rings. The van der Waals surface area contributed by atoms with E-state index in [4.69, 9.17) is 0 Å². The molecule has 0 spiro atoms. The molecule has 50 heavy (non-hydrogen) atoms. The van der Waals surface area contributed by atoms with E-state index in [1.807, 2.05) is 48.5 Å². The minimum Gasteiger partial charge on any atom is -0.308 e. The molecule has 0 saturated carbocycles. The summed E-state index contributed by atoms with van der Waals surface area (Å²) in [4.78, 5) is 0. The first-order valence-corrected chi connectivity index (χ1v) is 16.9. The van der Waals surface area contributed by atoms with Gasteiger partial charge in [-0.2, -0.15) is 10.5 Å². The van der Waals surface area contributed by atoms with Crippen LogP contribution >= 0.6 is 0 Å². The largest absolute Gasteiger partial charge is 0.308 e. The van der Waals surface area contributed by atoms with Crippen LogP contribution in [-0.2, 0) is 5.41 Å². The summed E-state index contributed by atoms with van der Waals surface area (Å²) in [7, 11) is 0. The van der Waals surface area contributed by atoms with E-state index in [0.29, 0.717) is 16.7 Å². The summed E-state index contributed by atoms with van der Waals surface area (Å²) in [5.74, 6) is 0. The molecule has 9 rings (SSSR count). The Bertz CT molecular complexity index is 2680. The number of aromatic nitrogens is 1. The molecule has 1 aliphatic carbocycles. The van der Waals surface area contributed by atoms with Gasteiger partial charge in [-0.25, -0.2) is 0 Å². The second-order valence-electron chi connectivity index (χ2n) is 13.5. The van der Waals surface area contributed by atoms with Gasteiger partial charge in [-0.05, 0) is 74.8 Å². The molecule has 1 heterocycles. The molecule has 0 atom stereocenters. The van der Waals surface area contributed by atoms with E-state index in [-0.39, 0.29) is 5.41 Å². The number of nitriles is 2. The van der Waals surface area contributed by atoms with Crippen LogP contribution < -0.4 is 0 Å². The molecule has 0 aliphatic heterocycles.